The van der Waals surface area contributed by atoms with Crippen LogP contribution >= 0.6 is 0 Å². The summed E-state index contributed by atoms with van der Waals surface area (Å²) in [4.78, 5) is 10.8. The van der Waals surface area contributed by atoms with Crippen LogP contribution in [-0.4, -0.2) is 16.6 Å². The summed E-state index contributed by atoms with van der Waals surface area (Å²) in [5.74, 6) is -0.890. The zero-order chi connectivity index (χ0) is 13.9. The minimum absolute atomic E-state index is 0. The van der Waals surface area contributed by atoms with Crippen LogP contribution in [0.3, 0.4) is 0 Å². The third-order valence-electron chi connectivity index (χ3n) is 3.54. The van der Waals surface area contributed by atoms with Crippen LogP contribution in [0, 0.1) is 0 Å². The van der Waals surface area contributed by atoms with Gasteiger partial charge in [-0.15, -0.1) is 0 Å². The molecule has 3 N–H and O–H groups in total. The van der Waals surface area contributed by atoms with Crippen molar-refractivity contribution in [1.82, 2.24) is 0 Å². The van der Waals surface area contributed by atoms with Crippen LogP contribution in [0.2, 0.25) is 0 Å². The van der Waals surface area contributed by atoms with Crippen molar-refractivity contribution >= 4 is 5.97 Å². The Morgan fingerprint density at radius 3 is 1.74 bits per heavy atom. The van der Waals surface area contributed by atoms with Crippen LogP contribution in [0.15, 0.2) is 0 Å². The Hall–Kier alpha value is 0.430. The predicted octanol–water partition coefficient (Wildman–Crippen LogP) is 1.22. The van der Waals surface area contributed by atoms with Gasteiger partial charge in [0.25, 0.3) is 0 Å². The Labute approximate surface area is 142 Å². The second-order valence-corrected chi connectivity index (χ2v) is 5.65. The van der Waals surface area contributed by atoms with E-state index in [2.05, 4.69) is 6.92 Å². The third kappa shape index (κ3) is 13.2. The minimum Gasteiger partial charge on any atom is -1.00 e. The molecule has 1 atom stereocenters. The van der Waals surface area contributed by atoms with E-state index in [1.807, 2.05) is 0 Å². The molecule has 0 radical (unpaired) electrons. The molecule has 0 bridgehead atoms. The van der Waals surface area contributed by atoms with Crippen LogP contribution in [-0.2, 0) is 4.79 Å². The van der Waals surface area contributed by atoms with Gasteiger partial charge in [0, 0.05) is 0 Å². The number of nitrogens with two attached hydrogens (primary N) is 1. The average molecular weight is 281 g/mol. The van der Waals surface area contributed by atoms with Gasteiger partial charge in [0.05, 0.1) is 0 Å². The number of carbonyl (C=O) groups is 1. The molecule has 0 aliphatic rings. The average Bonchev–Trinajstić information content (AvgIpc) is 2.31. The number of aliphatic carboxylic acids is 1. The molecule has 4 heteroatoms. The van der Waals surface area contributed by atoms with Gasteiger partial charge in [0.1, 0.15) is 5.54 Å². The zero-order valence-electron chi connectivity index (χ0n) is 14.2. The number of hydrogen-bond donors (Lipinski definition) is 2. The van der Waals surface area contributed by atoms with Gasteiger partial charge in [-0.2, -0.15) is 0 Å². The Morgan fingerprint density at radius 2 is 1.37 bits per heavy atom. The number of carboxylic acid groups (broad SMARTS) is 1. The molecule has 0 aliphatic carbocycles. The predicted molar refractivity (Wildman–Crippen MR) is 77.8 cm³/mol. The van der Waals surface area contributed by atoms with E-state index in [1.54, 1.807) is 6.92 Å². The standard InChI is InChI=1S/C15H31NO2.Na.H/c1-3-4-5-6-7-8-9-10-11-12-13-15(2,16)14(17)18;;/h3-13,16H2,1-2H3,(H,17,18);;/q;+1;-1. The summed E-state index contributed by atoms with van der Waals surface area (Å²) in [5.41, 5.74) is 4.63. The Kier molecular flexibility index (Phi) is 15.3. The van der Waals surface area contributed by atoms with Gasteiger partial charge in [-0.05, 0) is 13.3 Å². The fourth-order valence-corrected chi connectivity index (χ4v) is 2.09. The Morgan fingerprint density at radius 1 is 1.00 bits per heavy atom. The largest absolute Gasteiger partial charge is 1.00 e. The van der Waals surface area contributed by atoms with Crippen LogP contribution in [0.25, 0.3) is 0 Å². The number of carboxylic acids is 1. The van der Waals surface area contributed by atoms with Crippen LogP contribution < -0.4 is 35.3 Å². The molecule has 0 heterocycles. The van der Waals surface area contributed by atoms with Crippen molar-refractivity contribution in [1.29, 1.82) is 0 Å². The first-order chi connectivity index (χ1) is 8.50. The number of rotatable bonds is 12. The van der Waals surface area contributed by atoms with Gasteiger partial charge in [0.15, 0.2) is 0 Å². The molecule has 0 rings (SSSR count). The van der Waals surface area contributed by atoms with Gasteiger partial charge >= 0.3 is 35.5 Å². The number of hydrogen-bond acceptors (Lipinski definition) is 2. The van der Waals surface area contributed by atoms with Crippen molar-refractivity contribution in [3.63, 3.8) is 0 Å². The van der Waals surface area contributed by atoms with Gasteiger partial charge in [-0.1, -0.05) is 71.1 Å². The van der Waals surface area contributed by atoms with Gasteiger partial charge in [0.2, 0.25) is 0 Å². The smallest absolute Gasteiger partial charge is 1.00 e. The maximum atomic E-state index is 10.8. The molecule has 0 aromatic rings. The maximum Gasteiger partial charge on any atom is 1.00 e. The second-order valence-electron chi connectivity index (χ2n) is 5.65. The molecule has 0 aromatic carbocycles. The van der Waals surface area contributed by atoms with E-state index in [0.717, 1.165) is 12.8 Å². The van der Waals surface area contributed by atoms with E-state index in [4.69, 9.17) is 10.8 Å². The monoisotopic (exact) mass is 281 g/mol. The van der Waals surface area contributed by atoms with Crippen molar-refractivity contribution < 1.29 is 40.9 Å². The molecule has 110 valence electrons. The molecule has 1 unspecified atom stereocenters. The van der Waals surface area contributed by atoms with Crippen molar-refractivity contribution in [3.05, 3.63) is 0 Å². The van der Waals surface area contributed by atoms with E-state index in [0.29, 0.717) is 6.42 Å². The molecular formula is C15H32NNaO2. The molecule has 3 nitrogen and oxygen atoms in total. The summed E-state index contributed by atoms with van der Waals surface area (Å²) >= 11 is 0. The normalized spacial score (nSPS) is 13.6. The molecule has 0 aromatic heterocycles. The minimum atomic E-state index is -1.04. The summed E-state index contributed by atoms with van der Waals surface area (Å²) in [5, 5.41) is 8.86. The SMILES string of the molecule is CCCCCCCCCCCCC(C)(N)C(=O)O.[H-].[Na+]. The Bertz CT molecular complexity index is 226. The Balaban J connectivity index is -0.00000144. The van der Waals surface area contributed by atoms with Crippen molar-refractivity contribution in [2.75, 3.05) is 0 Å². The van der Waals surface area contributed by atoms with Gasteiger partial charge < -0.3 is 12.3 Å². The summed E-state index contributed by atoms with van der Waals surface area (Å²) in [6.07, 6.45) is 13.2. The van der Waals surface area contributed by atoms with Crippen molar-refractivity contribution in [2.45, 2.75) is 90.0 Å². The zero-order valence-corrected chi connectivity index (χ0v) is 15.2. The summed E-state index contributed by atoms with van der Waals surface area (Å²) in [6.45, 7) is 3.84. The first kappa shape index (κ1) is 21.7. The fraction of sp³-hybridized carbons (Fsp3) is 0.933. The quantitative estimate of drug-likeness (QED) is 0.417. The van der Waals surface area contributed by atoms with Crippen LogP contribution in [0.5, 0.6) is 0 Å². The van der Waals surface area contributed by atoms with E-state index >= 15 is 0 Å². The van der Waals surface area contributed by atoms with E-state index in [1.165, 1.54) is 51.4 Å². The van der Waals surface area contributed by atoms with Crippen LogP contribution in [0.1, 0.15) is 85.9 Å². The topological polar surface area (TPSA) is 63.3 Å². The molecule has 0 saturated carbocycles. The van der Waals surface area contributed by atoms with Crippen LogP contribution in [0.4, 0.5) is 0 Å². The molecule has 0 fully saturated rings. The van der Waals surface area contributed by atoms with E-state index < -0.39 is 11.5 Å². The first-order valence-electron chi connectivity index (χ1n) is 7.53. The fourth-order valence-electron chi connectivity index (χ4n) is 2.09. The maximum absolute atomic E-state index is 10.8. The van der Waals surface area contributed by atoms with Crippen molar-refractivity contribution in [3.8, 4) is 0 Å². The van der Waals surface area contributed by atoms with E-state index in [-0.39, 0.29) is 31.0 Å². The summed E-state index contributed by atoms with van der Waals surface area (Å²) < 4.78 is 0. The molecule has 0 aliphatic heterocycles. The van der Waals surface area contributed by atoms with Gasteiger partial charge in [-0.3, -0.25) is 4.79 Å². The van der Waals surface area contributed by atoms with Crippen molar-refractivity contribution in [2.24, 2.45) is 5.73 Å². The molecule has 0 saturated heterocycles. The molecular weight excluding hydrogens is 249 g/mol. The number of unbranched alkanes of at least 4 members (excludes halogenated alkanes) is 9. The summed E-state index contributed by atoms with van der Waals surface area (Å²) in [6, 6.07) is 0. The molecule has 0 spiro atoms. The van der Waals surface area contributed by atoms with E-state index in [9.17, 15) is 4.79 Å². The summed E-state index contributed by atoms with van der Waals surface area (Å²) in [7, 11) is 0. The molecule has 0 amide bonds. The first-order valence-corrected chi connectivity index (χ1v) is 7.53. The third-order valence-corrected chi connectivity index (χ3v) is 3.54. The van der Waals surface area contributed by atoms with Gasteiger partial charge in [-0.25, -0.2) is 0 Å². The second kappa shape index (κ2) is 13.4. The molecule has 19 heavy (non-hydrogen) atoms.